The number of hydrogen-bond donors (Lipinski definition) is 7. The van der Waals surface area contributed by atoms with Gasteiger partial charge in [0.05, 0.1) is 50.2 Å². The van der Waals surface area contributed by atoms with Crippen LogP contribution in [-0.4, -0.2) is 129 Å². The van der Waals surface area contributed by atoms with Crippen LogP contribution < -0.4 is 47.8 Å². The zero-order valence-electron chi connectivity index (χ0n) is 37.5. The SMILES string of the molecule is CC[NH+]=C(/C=C(/C)N)C1OC1Nc1nc2cc(C(=O)NN)cc(OCCCN3CCOCC3)c2n1C/C=C/Cn1c(NC(=O)c2cc(C)nn2CC)nc2cc(C(=O)CN)cc(OC)c21. The Morgan fingerprint density at radius 1 is 0.954 bits per heavy atom. The molecule has 5 heterocycles. The Balaban J connectivity index is 1.25. The number of aromatic nitrogens is 6. The van der Waals surface area contributed by atoms with Crippen LogP contribution >= 0.6 is 0 Å². The Bertz CT molecular complexity index is 2630. The molecule has 2 aliphatic rings. The third-order valence-corrected chi connectivity index (χ3v) is 10.9. The Hall–Kier alpha value is -6.65. The van der Waals surface area contributed by atoms with Gasteiger partial charge in [0.15, 0.2) is 18.1 Å². The molecule has 2 fully saturated rings. The molecule has 0 saturated carbocycles. The number of hydrazine groups is 1. The van der Waals surface area contributed by atoms with Crippen LogP contribution in [0.5, 0.6) is 11.5 Å². The van der Waals surface area contributed by atoms with Gasteiger partial charge in [0, 0.05) is 62.2 Å². The highest BCUT2D eigenvalue weighted by Crippen LogP contribution is 2.34. The summed E-state index contributed by atoms with van der Waals surface area (Å²) in [7, 11) is 1.50. The number of amides is 2. The zero-order valence-corrected chi connectivity index (χ0v) is 37.5. The van der Waals surface area contributed by atoms with E-state index in [0.29, 0.717) is 95.1 Å². The molecule has 346 valence electrons. The highest BCUT2D eigenvalue weighted by atomic mass is 16.6. The molecule has 2 aliphatic heterocycles. The number of nitrogens with zero attached hydrogens (tertiary/aromatic N) is 7. The van der Waals surface area contributed by atoms with Gasteiger partial charge in [-0.15, -0.1) is 0 Å². The molecule has 3 aromatic heterocycles. The number of epoxide rings is 1. The first-order valence-corrected chi connectivity index (χ1v) is 21.7. The number of hydrogen-bond acceptors (Lipinski definition) is 15. The van der Waals surface area contributed by atoms with Crippen LogP contribution in [0.25, 0.3) is 22.1 Å². The lowest BCUT2D eigenvalue weighted by Gasteiger charge is -2.26. The molecule has 2 atom stereocenters. The van der Waals surface area contributed by atoms with E-state index in [9.17, 15) is 14.4 Å². The molecule has 2 saturated heterocycles. The summed E-state index contributed by atoms with van der Waals surface area (Å²) in [6.07, 6.45) is 5.71. The predicted molar refractivity (Wildman–Crippen MR) is 245 cm³/mol. The van der Waals surface area contributed by atoms with Crippen molar-refractivity contribution in [2.24, 2.45) is 17.3 Å². The van der Waals surface area contributed by atoms with Crippen LogP contribution in [0.2, 0.25) is 0 Å². The Kier molecular flexibility index (Phi) is 14.9. The summed E-state index contributed by atoms with van der Waals surface area (Å²) in [5, 5.41) is 10.8. The largest absolute Gasteiger partial charge is 0.494 e. The van der Waals surface area contributed by atoms with Gasteiger partial charge in [0.1, 0.15) is 34.8 Å². The van der Waals surface area contributed by atoms with Crippen LogP contribution in [0.1, 0.15) is 64.1 Å². The van der Waals surface area contributed by atoms with Crippen molar-refractivity contribution in [3.63, 3.8) is 0 Å². The number of nitrogen functional groups attached to an aromatic ring is 1. The van der Waals surface area contributed by atoms with E-state index < -0.39 is 18.0 Å². The molecule has 21 heteroatoms. The monoisotopic (exact) mass is 895 g/mol. The van der Waals surface area contributed by atoms with Crippen molar-refractivity contribution in [2.45, 2.75) is 66.1 Å². The fourth-order valence-electron chi connectivity index (χ4n) is 7.84. The van der Waals surface area contributed by atoms with Crippen molar-refractivity contribution < 1.29 is 38.3 Å². The number of carbonyl (C=O) groups excluding carboxylic acids is 3. The first-order chi connectivity index (χ1) is 31.5. The number of benzene rings is 2. The third-order valence-electron chi connectivity index (χ3n) is 10.9. The molecular weight excluding hydrogens is 837 g/mol. The van der Waals surface area contributed by atoms with Gasteiger partial charge in [0.2, 0.25) is 17.6 Å². The molecule has 2 amide bonds. The Morgan fingerprint density at radius 3 is 2.29 bits per heavy atom. The molecule has 5 aromatic rings. The quantitative estimate of drug-likeness (QED) is 0.00785. The second kappa shape index (κ2) is 20.9. The van der Waals surface area contributed by atoms with Gasteiger partial charge in [-0.25, -0.2) is 20.8 Å². The van der Waals surface area contributed by atoms with Crippen LogP contribution in [0.15, 0.2) is 54.3 Å². The van der Waals surface area contributed by atoms with Crippen molar-refractivity contribution in [3.05, 3.63) is 76.8 Å². The number of ether oxygens (including phenoxy) is 4. The minimum atomic E-state index is -0.492. The average molecular weight is 896 g/mol. The highest BCUT2D eigenvalue weighted by Gasteiger charge is 2.46. The number of ketones is 1. The second-order valence-corrected chi connectivity index (χ2v) is 15.6. The van der Waals surface area contributed by atoms with Gasteiger partial charge in [-0.1, -0.05) is 12.2 Å². The van der Waals surface area contributed by atoms with E-state index in [0.717, 1.165) is 31.8 Å². The number of imidazole rings is 2. The van der Waals surface area contributed by atoms with E-state index in [1.807, 2.05) is 50.5 Å². The summed E-state index contributed by atoms with van der Waals surface area (Å²) >= 11 is 0. The van der Waals surface area contributed by atoms with Crippen LogP contribution in [0, 0.1) is 6.92 Å². The number of Topliss-reactive ketones (excluding diaryl/α,β-unsaturated/α-hetero) is 1. The van der Waals surface area contributed by atoms with E-state index in [2.05, 4.69) is 31.1 Å². The summed E-state index contributed by atoms with van der Waals surface area (Å²) in [6.45, 7) is 13.3. The smallest absolute Gasteiger partial charge is 0.276 e. The minimum absolute atomic E-state index is 0.197. The number of anilines is 2. The van der Waals surface area contributed by atoms with Gasteiger partial charge in [-0.3, -0.25) is 34.7 Å². The van der Waals surface area contributed by atoms with Crippen LogP contribution in [-0.2, 0) is 29.1 Å². The molecule has 21 nitrogen and oxygen atoms in total. The molecule has 0 spiro atoms. The van der Waals surface area contributed by atoms with E-state index in [-0.39, 0.29) is 43.0 Å². The number of aryl methyl sites for hydroxylation is 2. The lowest BCUT2D eigenvalue weighted by Crippen LogP contribution is -2.73. The number of nitrogens with one attached hydrogen (secondary N) is 4. The first-order valence-electron chi connectivity index (χ1n) is 21.7. The zero-order chi connectivity index (χ0) is 46.2. The number of allylic oxidation sites excluding steroid dienone is 3. The highest BCUT2D eigenvalue weighted by molar-refractivity contribution is 6.05. The molecule has 2 aromatic carbocycles. The van der Waals surface area contributed by atoms with Gasteiger partial charge in [-0.2, -0.15) is 5.10 Å². The number of carbonyl (C=O) groups is 3. The predicted octanol–water partition coefficient (Wildman–Crippen LogP) is 0.815. The normalized spacial score (nSPS) is 17.0. The number of morpholine rings is 1. The van der Waals surface area contributed by atoms with Crippen molar-refractivity contribution >= 4 is 57.3 Å². The molecule has 0 radical (unpaired) electrons. The van der Waals surface area contributed by atoms with Gasteiger partial charge in [0.25, 0.3) is 11.8 Å². The molecule has 0 bridgehead atoms. The topological polar surface area (TPSA) is 276 Å². The van der Waals surface area contributed by atoms with Crippen molar-refractivity contribution in [1.29, 1.82) is 0 Å². The molecule has 10 N–H and O–H groups in total. The van der Waals surface area contributed by atoms with Crippen molar-refractivity contribution in [1.82, 2.24) is 39.2 Å². The van der Waals surface area contributed by atoms with Crippen LogP contribution in [0.3, 0.4) is 0 Å². The number of nitrogens with two attached hydrogens (primary N) is 3. The number of rotatable bonds is 21. The summed E-state index contributed by atoms with van der Waals surface area (Å²) in [4.78, 5) is 54.9. The molecule has 2 unspecified atom stereocenters. The van der Waals surface area contributed by atoms with Gasteiger partial charge >= 0.3 is 0 Å². The Morgan fingerprint density at radius 2 is 1.63 bits per heavy atom. The minimum Gasteiger partial charge on any atom is -0.494 e. The number of methoxy groups -OCH3 is 1. The summed E-state index contributed by atoms with van der Waals surface area (Å²) in [6, 6.07) is 8.30. The second-order valence-electron chi connectivity index (χ2n) is 15.6. The Labute approximate surface area is 375 Å². The molecule has 65 heavy (non-hydrogen) atoms. The molecular formula is C44H59N14O7+. The van der Waals surface area contributed by atoms with E-state index >= 15 is 0 Å². The lowest BCUT2D eigenvalue weighted by molar-refractivity contribution is -0.453. The maximum atomic E-state index is 13.8. The fraction of sp³-hybridized carbons (Fsp3) is 0.432. The summed E-state index contributed by atoms with van der Waals surface area (Å²) < 4.78 is 29.2. The third kappa shape index (κ3) is 10.7. The standard InChI is InChI=1S/C44H58N14O7/c1-6-48-32(19-26(3)46)39-42(65-39)52-44-50-31-22-29(40(60)53-47)24-36(64-16-10-11-55-14-17-63-18-15-55)38(31)57(44)13-9-8-12-56-37-30(21-28(34(59)25-45)23-35(37)62-5)49-43(56)51-41(61)33-20-27(4)54-58(33)7-2/h8-9,19-24,39,42H,6-7,10-18,25,45-47H2,1-5H3,(H,50,52)(H,53,60)(H,49,51,61)/p+1/b9-8+,26-19-,48-32?. The first kappa shape index (κ1) is 46.3. The summed E-state index contributed by atoms with van der Waals surface area (Å²) in [5.74, 6) is 5.93. The van der Waals surface area contributed by atoms with E-state index in [1.54, 1.807) is 39.6 Å². The van der Waals surface area contributed by atoms with Crippen molar-refractivity contribution in [2.75, 3.05) is 70.3 Å². The summed E-state index contributed by atoms with van der Waals surface area (Å²) in [5.41, 5.74) is 19.3. The maximum Gasteiger partial charge on any atom is 0.276 e. The maximum absolute atomic E-state index is 13.8. The van der Waals surface area contributed by atoms with E-state index in [1.165, 1.54) is 7.11 Å². The van der Waals surface area contributed by atoms with Gasteiger partial charge < -0.3 is 44.9 Å². The van der Waals surface area contributed by atoms with Crippen LogP contribution in [0.4, 0.5) is 11.9 Å². The van der Waals surface area contributed by atoms with Crippen molar-refractivity contribution in [3.8, 4) is 11.5 Å². The lowest BCUT2D eigenvalue weighted by atomic mass is 10.1. The molecule has 0 aliphatic carbocycles. The van der Waals surface area contributed by atoms with Gasteiger partial charge in [-0.05, 0) is 64.4 Å². The number of fused-ring (bicyclic) bond motifs is 2. The molecule has 7 rings (SSSR count). The fourth-order valence-corrected chi connectivity index (χ4v) is 7.84. The van der Waals surface area contributed by atoms with E-state index in [4.69, 9.17) is 46.2 Å². The average Bonchev–Trinajstić information content (AvgIpc) is 3.63.